The largest absolute Gasteiger partial charge is 0.383 e. The van der Waals surface area contributed by atoms with E-state index in [1.807, 2.05) is 31.2 Å². The third-order valence-electron chi connectivity index (χ3n) is 3.49. The van der Waals surface area contributed by atoms with Gasteiger partial charge in [0, 0.05) is 19.3 Å². The molecule has 1 aromatic rings. The summed E-state index contributed by atoms with van der Waals surface area (Å²) in [6.07, 6.45) is 1.20. The molecule has 0 aromatic heterocycles. The van der Waals surface area contributed by atoms with Gasteiger partial charge in [0.1, 0.15) is 5.41 Å². The van der Waals surface area contributed by atoms with Crippen molar-refractivity contribution in [2.75, 3.05) is 25.6 Å². The van der Waals surface area contributed by atoms with E-state index in [9.17, 15) is 9.59 Å². The second-order valence-electron chi connectivity index (χ2n) is 5.15. The maximum atomic E-state index is 12.3. The summed E-state index contributed by atoms with van der Waals surface area (Å²) in [7, 11) is 1.57. The van der Waals surface area contributed by atoms with Crippen molar-refractivity contribution in [1.82, 2.24) is 5.32 Å². The summed E-state index contributed by atoms with van der Waals surface area (Å²) >= 11 is 0. The number of carbonyl (C=O) groups excluding carboxylic acids is 2. The molecule has 0 unspecified atom stereocenters. The molecule has 0 saturated heterocycles. The van der Waals surface area contributed by atoms with E-state index in [1.165, 1.54) is 0 Å². The molecule has 5 heteroatoms. The molecule has 0 aliphatic heterocycles. The lowest BCUT2D eigenvalue weighted by molar-refractivity contribution is -0.134. The molecule has 2 N–H and O–H groups in total. The van der Waals surface area contributed by atoms with Crippen LogP contribution >= 0.6 is 0 Å². The Hall–Kier alpha value is -1.88. The second kappa shape index (κ2) is 6.05. The van der Waals surface area contributed by atoms with Crippen molar-refractivity contribution in [2.45, 2.75) is 19.8 Å². The molecule has 2 rings (SSSR count). The molecular weight excluding hydrogens is 256 g/mol. The highest BCUT2D eigenvalue weighted by atomic mass is 16.5. The maximum Gasteiger partial charge on any atom is 0.240 e. The van der Waals surface area contributed by atoms with Gasteiger partial charge >= 0.3 is 0 Å². The number of carbonyl (C=O) groups is 2. The number of ether oxygens (including phenoxy) is 1. The summed E-state index contributed by atoms with van der Waals surface area (Å²) in [5.74, 6) is -0.433. The molecule has 0 heterocycles. The van der Waals surface area contributed by atoms with Crippen LogP contribution in [0, 0.1) is 12.3 Å². The van der Waals surface area contributed by atoms with Gasteiger partial charge in [0.05, 0.1) is 6.61 Å². The Kier molecular flexibility index (Phi) is 4.39. The summed E-state index contributed by atoms with van der Waals surface area (Å²) in [4.78, 5) is 24.4. The van der Waals surface area contributed by atoms with E-state index in [0.717, 1.165) is 11.3 Å². The van der Waals surface area contributed by atoms with Crippen molar-refractivity contribution in [3.8, 4) is 0 Å². The molecule has 1 aliphatic rings. The zero-order valence-corrected chi connectivity index (χ0v) is 11.9. The Morgan fingerprint density at radius 1 is 1.30 bits per heavy atom. The van der Waals surface area contributed by atoms with Crippen LogP contribution in [0.5, 0.6) is 0 Å². The molecule has 2 amide bonds. The number of hydrogen-bond acceptors (Lipinski definition) is 3. The topological polar surface area (TPSA) is 67.4 Å². The number of aryl methyl sites for hydroxylation is 1. The fourth-order valence-corrected chi connectivity index (χ4v) is 2.09. The average molecular weight is 276 g/mol. The first-order chi connectivity index (χ1) is 9.58. The molecule has 0 spiro atoms. The number of nitrogens with one attached hydrogen (secondary N) is 2. The predicted octanol–water partition coefficient (Wildman–Crippen LogP) is 1.48. The van der Waals surface area contributed by atoms with Gasteiger partial charge in [-0.15, -0.1) is 0 Å². The first-order valence-corrected chi connectivity index (χ1v) is 6.74. The summed E-state index contributed by atoms with van der Waals surface area (Å²) in [5, 5.41) is 5.57. The third kappa shape index (κ3) is 3.17. The fraction of sp³-hybridized carbons (Fsp3) is 0.467. The molecule has 1 aliphatic carbocycles. The van der Waals surface area contributed by atoms with Crippen LogP contribution in [-0.2, 0) is 14.3 Å². The van der Waals surface area contributed by atoms with Gasteiger partial charge in [-0.05, 0) is 37.5 Å². The Morgan fingerprint density at radius 2 is 2.05 bits per heavy atom. The summed E-state index contributed by atoms with van der Waals surface area (Å²) in [6, 6.07) is 7.55. The minimum Gasteiger partial charge on any atom is -0.383 e. The van der Waals surface area contributed by atoms with Crippen LogP contribution < -0.4 is 10.6 Å². The normalized spacial score (nSPS) is 15.5. The number of hydrogen-bond donors (Lipinski definition) is 2. The van der Waals surface area contributed by atoms with Crippen molar-refractivity contribution in [1.29, 1.82) is 0 Å². The molecule has 108 valence electrons. The van der Waals surface area contributed by atoms with Crippen LogP contribution in [0.4, 0.5) is 5.69 Å². The first kappa shape index (κ1) is 14.5. The van der Waals surface area contributed by atoms with Crippen LogP contribution in [0.1, 0.15) is 18.4 Å². The van der Waals surface area contributed by atoms with Gasteiger partial charge in [-0.3, -0.25) is 9.59 Å². The SMILES string of the molecule is COCCNC(=O)C1(C(=O)Nc2cccc(C)c2)CC1. The third-order valence-corrected chi connectivity index (χ3v) is 3.49. The fourth-order valence-electron chi connectivity index (χ4n) is 2.09. The van der Waals surface area contributed by atoms with E-state index in [-0.39, 0.29) is 11.8 Å². The minimum atomic E-state index is -0.891. The van der Waals surface area contributed by atoms with Gasteiger partial charge in [0.2, 0.25) is 11.8 Å². The number of rotatable bonds is 6. The number of amides is 2. The predicted molar refractivity (Wildman–Crippen MR) is 76.4 cm³/mol. The van der Waals surface area contributed by atoms with Crippen LogP contribution in [0.25, 0.3) is 0 Å². The van der Waals surface area contributed by atoms with Gasteiger partial charge in [0.15, 0.2) is 0 Å². The second-order valence-corrected chi connectivity index (χ2v) is 5.15. The number of methoxy groups -OCH3 is 1. The number of anilines is 1. The van der Waals surface area contributed by atoms with Gasteiger partial charge in [-0.25, -0.2) is 0 Å². The van der Waals surface area contributed by atoms with Crippen LogP contribution in [0.3, 0.4) is 0 Å². The molecule has 20 heavy (non-hydrogen) atoms. The smallest absolute Gasteiger partial charge is 0.240 e. The van der Waals surface area contributed by atoms with E-state index < -0.39 is 5.41 Å². The van der Waals surface area contributed by atoms with Crippen molar-refractivity contribution in [3.05, 3.63) is 29.8 Å². The molecule has 5 nitrogen and oxygen atoms in total. The molecule has 1 aromatic carbocycles. The molecule has 1 saturated carbocycles. The Labute approximate surface area is 118 Å². The van der Waals surface area contributed by atoms with E-state index in [4.69, 9.17) is 4.74 Å². The quantitative estimate of drug-likeness (QED) is 0.611. The Morgan fingerprint density at radius 3 is 2.65 bits per heavy atom. The highest BCUT2D eigenvalue weighted by molar-refractivity contribution is 6.13. The lowest BCUT2D eigenvalue weighted by Gasteiger charge is -2.15. The summed E-state index contributed by atoms with van der Waals surface area (Å²) < 4.78 is 4.88. The molecule has 0 bridgehead atoms. The van der Waals surface area contributed by atoms with Gasteiger partial charge in [-0.1, -0.05) is 12.1 Å². The van der Waals surface area contributed by atoms with Gasteiger partial charge in [-0.2, -0.15) is 0 Å². The van der Waals surface area contributed by atoms with E-state index >= 15 is 0 Å². The standard InChI is InChI=1S/C15H20N2O3/c1-11-4-3-5-12(10-11)17-14(19)15(6-7-15)13(18)16-8-9-20-2/h3-5,10H,6-9H2,1-2H3,(H,16,18)(H,17,19). The molecule has 0 radical (unpaired) electrons. The lowest BCUT2D eigenvalue weighted by atomic mass is 10.0. The molecule has 1 fully saturated rings. The summed E-state index contributed by atoms with van der Waals surface area (Å²) in [6.45, 7) is 2.83. The van der Waals surface area contributed by atoms with Crippen LogP contribution in [0.15, 0.2) is 24.3 Å². The Balaban J connectivity index is 1.96. The lowest BCUT2D eigenvalue weighted by Crippen LogP contribution is -2.41. The Bertz CT molecular complexity index is 510. The van der Waals surface area contributed by atoms with Crippen LogP contribution in [0.2, 0.25) is 0 Å². The van der Waals surface area contributed by atoms with Crippen molar-refractivity contribution in [3.63, 3.8) is 0 Å². The zero-order chi connectivity index (χ0) is 14.6. The monoisotopic (exact) mass is 276 g/mol. The van der Waals surface area contributed by atoms with E-state index in [1.54, 1.807) is 7.11 Å². The minimum absolute atomic E-state index is 0.209. The molecular formula is C15H20N2O3. The van der Waals surface area contributed by atoms with Gasteiger partial charge < -0.3 is 15.4 Å². The first-order valence-electron chi connectivity index (χ1n) is 6.74. The zero-order valence-electron chi connectivity index (χ0n) is 11.9. The van der Waals surface area contributed by atoms with E-state index in [2.05, 4.69) is 10.6 Å². The van der Waals surface area contributed by atoms with Crippen molar-refractivity contribution < 1.29 is 14.3 Å². The average Bonchev–Trinajstić information content (AvgIpc) is 3.20. The van der Waals surface area contributed by atoms with Crippen molar-refractivity contribution >= 4 is 17.5 Å². The van der Waals surface area contributed by atoms with Crippen molar-refractivity contribution in [2.24, 2.45) is 5.41 Å². The number of benzene rings is 1. The highest BCUT2D eigenvalue weighted by Crippen LogP contribution is 2.46. The van der Waals surface area contributed by atoms with Crippen LogP contribution in [-0.4, -0.2) is 32.1 Å². The van der Waals surface area contributed by atoms with E-state index in [0.29, 0.717) is 26.0 Å². The maximum absolute atomic E-state index is 12.3. The highest BCUT2D eigenvalue weighted by Gasteiger charge is 2.56. The molecule has 0 atom stereocenters. The van der Waals surface area contributed by atoms with Gasteiger partial charge in [0.25, 0.3) is 0 Å². The summed E-state index contributed by atoms with van der Waals surface area (Å²) in [5.41, 5.74) is 0.903.